The van der Waals surface area contributed by atoms with Crippen LogP contribution in [0.5, 0.6) is 0 Å². The van der Waals surface area contributed by atoms with E-state index in [4.69, 9.17) is 10.2 Å². The van der Waals surface area contributed by atoms with E-state index in [1.54, 1.807) is 0 Å². The molecule has 0 bridgehead atoms. The van der Waals surface area contributed by atoms with Crippen molar-refractivity contribution in [2.45, 2.75) is 25.0 Å². The van der Waals surface area contributed by atoms with E-state index in [1.165, 1.54) is 0 Å². The van der Waals surface area contributed by atoms with Crippen LogP contribution in [0, 0.1) is 5.92 Å². The number of halogens is 1. The minimum atomic E-state index is -0.292. The lowest BCUT2D eigenvalue weighted by Crippen LogP contribution is -2.23. The molecule has 2 unspecified atom stereocenters. The first-order chi connectivity index (χ1) is 4.25. The normalized spacial score (nSPS) is 43.7. The number of rotatable bonds is 1. The van der Waals surface area contributed by atoms with Crippen LogP contribution in [0.1, 0.15) is 12.8 Å². The van der Waals surface area contributed by atoms with Gasteiger partial charge in [0.1, 0.15) is 0 Å². The second kappa shape index (κ2) is 2.99. The number of aliphatic hydroxyl groups excluding tert-OH is 2. The van der Waals surface area contributed by atoms with E-state index in [2.05, 4.69) is 15.9 Å². The van der Waals surface area contributed by atoms with E-state index in [-0.39, 0.29) is 18.1 Å². The van der Waals surface area contributed by atoms with Gasteiger partial charge in [-0.05, 0) is 12.8 Å². The third kappa shape index (κ3) is 1.45. The van der Waals surface area contributed by atoms with Crippen LogP contribution in [-0.2, 0) is 0 Å². The zero-order chi connectivity index (χ0) is 6.85. The lowest BCUT2D eigenvalue weighted by molar-refractivity contribution is 0.0798. The molecule has 0 radical (unpaired) electrons. The summed E-state index contributed by atoms with van der Waals surface area (Å²) in [5.41, 5.74) is 0. The zero-order valence-electron chi connectivity index (χ0n) is 5.13. The van der Waals surface area contributed by atoms with Gasteiger partial charge in [-0.25, -0.2) is 0 Å². The number of aliphatic hydroxyl groups is 2. The highest BCUT2D eigenvalue weighted by Gasteiger charge is 2.32. The molecule has 1 aliphatic rings. The van der Waals surface area contributed by atoms with Gasteiger partial charge in [-0.1, -0.05) is 15.9 Å². The van der Waals surface area contributed by atoms with Crippen LogP contribution < -0.4 is 0 Å². The topological polar surface area (TPSA) is 40.5 Å². The van der Waals surface area contributed by atoms with Crippen LogP contribution in [0.25, 0.3) is 0 Å². The summed E-state index contributed by atoms with van der Waals surface area (Å²) < 4.78 is 0. The van der Waals surface area contributed by atoms with Crippen molar-refractivity contribution in [2.75, 3.05) is 5.33 Å². The van der Waals surface area contributed by atoms with Crippen LogP contribution in [-0.4, -0.2) is 27.8 Å². The van der Waals surface area contributed by atoms with Crippen LogP contribution in [0.4, 0.5) is 0 Å². The Hall–Kier alpha value is 0.400. The molecule has 0 aromatic rings. The Balaban J connectivity index is 2.44. The van der Waals surface area contributed by atoms with Gasteiger partial charge < -0.3 is 10.2 Å². The molecular weight excluding hydrogens is 184 g/mol. The average molecular weight is 195 g/mol. The third-order valence-electron chi connectivity index (χ3n) is 1.92. The van der Waals surface area contributed by atoms with Gasteiger partial charge in [0.15, 0.2) is 0 Å². The Bertz CT molecular complexity index is 87.1. The molecule has 0 aromatic heterocycles. The minimum Gasteiger partial charge on any atom is -0.393 e. The zero-order valence-corrected chi connectivity index (χ0v) is 6.71. The first-order valence-electron chi connectivity index (χ1n) is 3.18. The largest absolute Gasteiger partial charge is 0.393 e. The van der Waals surface area contributed by atoms with Crippen LogP contribution >= 0.6 is 15.9 Å². The van der Waals surface area contributed by atoms with Crippen molar-refractivity contribution in [1.82, 2.24) is 0 Å². The Labute approximate surface area is 63.0 Å². The maximum Gasteiger partial charge on any atom is 0.0602 e. The van der Waals surface area contributed by atoms with Crippen LogP contribution in [0.3, 0.4) is 0 Å². The molecule has 1 saturated carbocycles. The summed E-state index contributed by atoms with van der Waals surface area (Å²) in [6.07, 6.45) is 0.910. The number of hydrogen-bond donors (Lipinski definition) is 2. The summed E-state index contributed by atoms with van der Waals surface area (Å²) in [7, 11) is 0. The van der Waals surface area contributed by atoms with Crippen LogP contribution in [0.2, 0.25) is 0 Å². The molecule has 1 rings (SSSR count). The fraction of sp³-hybridized carbons (Fsp3) is 1.00. The molecule has 1 fully saturated rings. The van der Waals surface area contributed by atoms with Crippen molar-refractivity contribution < 1.29 is 10.2 Å². The molecule has 0 heterocycles. The van der Waals surface area contributed by atoms with Crippen molar-refractivity contribution in [2.24, 2.45) is 5.92 Å². The molecule has 2 atom stereocenters. The predicted octanol–water partition coefficient (Wildman–Crippen LogP) is 0.513. The molecule has 0 aromatic carbocycles. The van der Waals surface area contributed by atoms with Crippen molar-refractivity contribution in [3.05, 3.63) is 0 Å². The summed E-state index contributed by atoms with van der Waals surface area (Å²) in [5.74, 6) is 0.0602. The van der Waals surface area contributed by atoms with Gasteiger partial charge in [-0.15, -0.1) is 0 Å². The molecule has 3 heteroatoms. The first-order valence-corrected chi connectivity index (χ1v) is 4.30. The van der Waals surface area contributed by atoms with Gasteiger partial charge in [-0.2, -0.15) is 0 Å². The average Bonchev–Trinajstić information content (AvgIpc) is 2.12. The maximum absolute atomic E-state index is 9.17. The molecular formula is C6H11BrO2. The highest BCUT2D eigenvalue weighted by Crippen LogP contribution is 2.27. The van der Waals surface area contributed by atoms with Gasteiger partial charge in [0.2, 0.25) is 0 Å². The van der Waals surface area contributed by atoms with E-state index in [0.717, 1.165) is 12.8 Å². The predicted molar refractivity (Wildman–Crippen MR) is 38.5 cm³/mol. The summed E-state index contributed by atoms with van der Waals surface area (Å²) >= 11 is 3.24. The summed E-state index contributed by atoms with van der Waals surface area (Å²) in [5, 5.41) is 19.0. The molecule has 2 N–H and O–H groups in total. The van der Waals surface area contributed by atoms with Gasteiger partial charge >= 0.3 is 0 Å². The quantitative estimate of drug-likeness (QED) is 0.598. The van der Waals surface area contributed by atoms with Gasteiger partial charge in [0, 0.05) is 11.2 Å². The van der Waals surface area contributed by atoms with Crippen molar-refractivity contribution in [3.8, 4) is 0 Å². The molecule has 0 saturated heterocycles. The van der Waals surface area contributed by atoms with Gasteiger partial charge in [0.25, 0.3) is 0 Å². The number of alkyl halides is 1. The lowest BCUT2D eigenvalue weighted by atomic mass is 10.1. The SMILES string of the molecule is OC1CCC(O)C1CBr. The van der Waals surface area contributed by atoms with E-state index < -0.39 is 0 Å². The first kappa shape index (κ1) is 7.51. The fourth-order valence-electron chi connectivity index (χ4n) is 1.23. The van der Waals surface area contributed by atoms with Crippen molar-refractivity contribution >= 4 is 15.9 Å². The Morgan fingerprint density at radius 1 is 1.22 bits per heavy atom. The van der Waals surface area contributed by atoms with Crippen molar-refractivity contribution in [3.63, 3.8) is 0 Å². The van der Waals surface area contributed by atoms with E-state index >= 15 is 0 Å². The highest BCUT2D eigenvalue weighted by atomic mass is 79.9. The Morgan fingerprint density at radius 2 is 1.67 bits per heavy atom. The van der Waals surface area contributed by atoms with Crippen molar-refractivity contribution in [1.29, 1.82) is 0 Å². The lowest BCUT2D eigenvalue weighted by Gasteiger charge is -2.13. The molecule has 0 spiro atoms. The second-order valence-corrected chi connectivity index (χ2v) is 3.18. The third-order valence-corrected chi connectivity index (χ3v) is 2.67. The van der Waals surface area contributed by atoms with E-state index in [0.29, 0.717) is 5.33 Å². The van der Waals surface area contributed by atoms with E-state index in [1.807, 2.05) is 0 Å². The molecule has 9 heavy (non-hydrogen) atoms. The van der Waals surface area contributed by atoms with Gasteiger partial charge in [-0.3, -0.25) is 0 Å². The van der Waals surface area contributed by atoms with E-state index in [9.17, 15) is 0 Å². The molecule has 0 amide bonds. The Morgan fingerprint density at radius 3 is 1.89 bits per heavy atom. The van der Waals surface area contributed by atoms with Crippen LogP contribution in [0.15, 0.2) is 0 Å². The summed E-state index contributed by atoms with van der Waals surface area (Å²) in [6, 6.07) is 0. The minimum absolute atomic E-state index is 0.0602. The summed E-state index contributed by atoms with van der Waals surface area (Å²) in [4.78, 5) is 0. The maximum atomic E-state index is 9.17. The highest BCUT2D eigenvalue weighted by molar-refractivity contribution is 9.09. The smallest absolute Gasteiger partial charge is 0.0602 e. The molecule has 2 nitrogen and oxygen atoms in total. The molecule has 54 valence electrons. The molecule has 1 aliphatic carbocycles. The fourth-order valence-corrected chi connectivity index (χ4v) is 2.09. The second-order valence-electron chi connectivity index (χ2n) is 2.53. The van der Waals surface area contributed by atoms with Gasteiger partial charge in [0.05, 0.1) is 12.2 Å². The monoisotopic (exact) mass is 194 g/mol. The number of hydrogen-bond acceptors (Lipinski definition) is 2. The Kier molecular flexibility index (Phi) is 2.50. The molecule has 0 aliphatic heterocycles. The summed E-state index contributed by atoms with van der Waals surface area (Å²) in [6.45, 7) is 0. The standard InChI is InChI=1S/C6H11BrO2/c7-3-4-5(8)1-2-6(4)9/h4-6,8-9H,1-3H2.